The third-order valence-electron chi connectivity index (χ3n) is 4.40. The van der Waals surface area contributed by atoms with E-state index in [0.717, 1.165) is 12.0 Å². The molecule has 0 aromatic heterocycles. The summed E-state index contributed by atoms with van der Waals surface area (Å²) in [5, 5.41) is 13.0. The van der Waals surface area contributed by atoms with Gasteiger partial charge in [0, 0.05) is 22.5 Å². The second kappa shape index (κ2) is 5.18. The highest BCUT2D eigenvalue weighted by Crippen LogP contribution is 2.50. The fraction of sp³-hybridized carbons (Fsp3) is 0.467. The quantitative estimate of drug-likeness (QED) is 0.873. The molecular formula is C15H15Cl2NO3. The predicted octanol–water partition coefficient (Wildman–Crippen LogP) is 3.08. The number of benzene rings is 1. The molecule has 112 valence electrons. The van der Waals surface area contributed by atoms with E-state index >= 15 is 0 Å². The molecule has 2 atom stereocenters. The minimum Gasteiger partial charge on any atom is -0.481 e. The summed E-state index contributed by atoms with van der Waals surface area (Å²) >= 11 is 12.0. The zero-order valence-corrected chi connectivity index (χ0v) is 12.7. The number of carbonyl (C=O) groups is 2. The van der Waals surface area contributed by atoms with Crippen LogP contribution in [0.5, 0.6) is 0 Å². The average Bonchev–Trinajstić information content (AvgIpc) is 3.30. The molecule has 0 aliphatic heterocycles. The van der Waals surface area contributed by atoms with Crippen LogP contribution < -0.4 is 5.32 Å². The lowest BCUT2D eigenvalue weighted by Crippen LogP contribution is -2.35. The molecule has 2 saturated carbocycles. The number of amides is 1. The normalized spacial score (nSPS) is 25.2. The maximum absolute atomic E-state index is 12.1. The first-order valence-corrected chi connectivity index (χ1v) is 7.65. The van der Waals surface area contributed by atoms with Gasteiger partial charge < -0.3 is 10.4 Å². The largest absolute Gasteiger partial charge is 0.481 e. The molecule has 2 aliphatic carbocycles. The minimum atomic E-state index is -0.823. The molecule has 0 radical (unpaired) electrons. The van der Waals surface area contributed by atoms with Gasteiger partial charge in [-0.1, -0.05) is 29.3 Å². The number of rotatable bonds is 5. The fourth-order valence-electron chi connectivity index (χ4n) is 2.64. The van der Waals surface area contributed by atoms with Gasteiger partial charge in [-0.3, -0.25) is 9.59 Å². The highest BCUT2D eigenvalue weighted by atomic mass is 35.5. The van der Waals surface area contributed by atoms with Gasteiger partial charge in [0.05, 0.1) is 5.41 Å². The van der Waals surface area contributed by atoms with Gasteiger partial charge in [0.15, 0.2) is 0 Å². The molecule has 2 aliphatic rings. The molecule has 0 spiro atoms. The summed E-state index contributed by atoms with van der Waals surface area (Å²) in [5.74, 6) is -0.919. The number of carboxylic acid groups (broad SMARTS) is 1. The Morgan fingerprint density at radius 3 is 2.62 bits per heavy atom. The molecule has 1 amide bonds. The van der Waals surface area contributed by atoms with E-state index in [1.54, 1.807) is 12.1 Å². The molecule has 4 nitrogen and oxygen atoms in total. The van der Waals surface area contributed by atoms with Crippen LogP contribution in [0.1, 0.15) is 30.7 Å². The second-order valence-corrected chi connectivity index (χ2v) is 6.76. The molecule has 0 unspecified atom stereocenters. The van der Waals surface area contributed by atoms with E-state index in [1.807, 2.05) is 6.07 Å². The van der Waals surface area contributed by atoms with Crippen molar-refractivity contribution in [1.29, 1.82) is 0 Å². The lowest BCUT2D eigenvalue weighted by molar-refractivity contribution is -0.143. The molecule has 0 bridgehead atoms. The van der Waals surface area contributed by atoms with E-state index in [2.05, 4.69) is 5.32 Å². The number of hydrogen-bond acceptors (Lipinski definition) is 2. The molecule has 6 heteroatoms. The van der Waals surface area contributed by atoms with E-state index in [1.165, 1.54) is 0 Å². The van der Waals surface area contributed by atoms with Crippen LogP contribution in [-0.4, -0.2) is 23.5 Å². The average molecular weight is 328 g/mol. The predicted molar refractivity (Wildman–Crippen MR) is 79.6 cm³/mol. The Labute approximate surface area is 132 Å². The van der Waals surface area contributed by atoms with Crippen LogP contribution in [0.4, 0.5) is 0 Å². The van der Waals surface area contributed by atoms with Crippen molar-refractivity contribution in [2.75, 3.05) is 6.54 Å². The second-order valence-electron chi connectivity index (χ2n) is 5.92. The first-order valence-electron chi connectivity index (χ1n) is 6.89. The van der Waals surface area contributed by atoms with Gasteiger partial charge in [-0.2, -0.15) is 0 Å². The lowest BCUT2D eigenvalue weighted by atomic mass is 10.1. The van der Waals surface area contributed by atoms with Crippen molar-refractivity contribution in [3.05, 3.63) is 33.8 Å². The van der Waals surface area contributed by atoms with Crippen LogP contribution in [0.25, 0.3) is 0 Å². The van der Waals surface area contributed by atoms with Crippen molar-refractivity contribution in [2.24, 2.45) is 11.3 Å². The zero-order chi connectivity index (χ0) is 15.2. The van der Waals surface area contributed by atoms with Crippen LogP contribution in [0.15, 0.2) is 18.2 Å². The van der Waals surface area contributed by atoms with E-state index < -0.39 is 11.4 Å². The van der Waals surface area contributed by atoms with E-state index in [-0.39, 0.29) is 24.3 Å². The summed E-state index contributed by atoms with van der Waals surface area (Å²) in [4.78, 5) is 23.2. The third-order valence-corrected chi connectivity index (χ3v) is 4.96. The topological polar surface area (TPSA) is 66.4 Å². The smallest absolute Gasteiger partial charge is 0.311 e. The molecule has 0 saturated heterocycles. The van der Waals surface area contributed by atoms with Gasteiger partial charge in [-0.15, -0.1) is 0 Å². The molecule has 0 heterocycles. The highest BCUT2D eigenvalue weighted by Gasteiger charge is 2.51. The van der Waals surface area contributed by atoms with Gasteiger partial charge in [-0.05, 0) is 42.9 Å². The third kappa shape index (κ3) is 2.87. The number of halogens is 2. The van der Waals surface area contributed by atoms with Gasteiger partial charge in [-0.25, -0.2) is 0 Å². The Hall–Kier alpha value is -1.26. The number of hydrogen-bond donors (Lipinski definition) is 2. The summed E-state index contributed by atoms with van der Waals surface area (Å²) in [6.45, 7) is 0.221. The molecule has 21 heavy (non-hydrogen) atoms. The molecule has 2 N–H and O–H groups in total. The molecule has 3 rings (SSSR count). The number of nitrogens with one attached hydrogen (secondary N) is 1. The van der Waals surface area contributed by atoms with Crippen molar-refractivity contribution in [3.63, 3.8) is 0 Å². The van der Waals surface area contributed by atoms with Crippen LogP contribution in [0, 0.1) is 11.3 Å². The maximum Gasteiger partial charge on any atom is 0.311 e. The first-order chi connectivity index (χ1) is 9.93. The van der Waals surface area contributed by atoms with Crippen LogP contribution in [-0.2, 0) is 9.59 Å². The summed E-state index contributed by atoms with van der Waals surface area (Å²) in [6, 6.07) is 5.29. The molecular weight excluding hydrogens is 313 g/mol. The number of carboxylic acids is 1. The maximum atomic E-state index is 12.1. The van der Waals surface area contributed by atoms with E-state index in [4.69, 9.17) is 28.3 Å². The summed E-state index contributed by atoms with van der Waals surface area (Å²) in [5.41, 5.74) is 0.207. The summed E-state index contributed by atoms with van der Waals surface area (Å²) in [6.07, 6.45) is 2.02. The Balaban J connectivity index is 1.57. The Morgan fingerprint density at radius 1 is 1.33 bits per heavy atom. The highest BCUT2D eigenvalue weighted by molar-refractivity contribution is 6.35. The van der Waals surface area contributed by atoms with Crippen molar-refractivity contribution < 1.29 is 14.7 Å². The van der Waals surface area contributed by atoms with Crippen molar-refractivity contribution in [3.8, 4) is 0 Å². The standard InChI is InChI=1S/C15H15Cl2NO3/c16-8-1-2-9(12(17)5-8)10-6-11(10)13(19)18-7-15(3-4-15)14(20)21/h1-2,5,10-11H,3-4,6-7H2,(H,18,19)(H,20,21)/t10-,11+/m0/s1. The first kappa shape index (κ1) is 14.7. The lowest BCUT2D eigenvalue weighted by Gasteiger charge is -2.11. The zero-order valence-electron chi connectivity index (χ0n) is 11.2. The van der Waals surface area contributed by atoms with Gasteiger partial charge >= 0.3 is 5.97 Å². The van der Waals surface area contributed by atoms with Crippen molar-refractivity contribution >= 4 is 35.1 Å². The SMILES string of the molecule is O=C(NCC1(C(=O)O)CC1)[C@@H]1C[C@H]1c1ccc(Cl)cc1Cl. The van der Waals surface area contributed by atoms with Gasteiger partial charge in [0.2, 0.25) is 5.91 Å². The monoisotopic (exact) mass is 327 g/mol. The van der Waals surface area contributed by atoms with Crippen LogP contribution in [0.3, 0.4) is 0 Å². The number of aliphatic carboxylic acids is 1. The van der Waals surface area contributed by atoms with E-state index in [9.17, 15) is 9.59 Å². The summed E-state index contributed by atoms with van der Waals surface area (Å²) in [7, 11) is 0. The molecule has 2 fully saturated rings. The van der Waals surface area contributed by atoms with Crippen molar-refractivity contribution in [1.82, 2.24) is 5.32 Å². The van der Waals surface area contributed by atoms with Crippen LogP contribution in [0.2, 0.25) is 10.0 Å². The number of carbonyl (C=O) groups excluding carboxylic acids is 1. The van der Waals surface area contributed by atoms with E-state index in [0.29, 0.717) is 22.9 Å². The van der Waals surface area contributed by atoms with Gasteiger partial charge in [0.1, 0.15) is 0 Å². The Kier molecular flexibility index (Phi) is 3.62. The van der Waals surface area contributed by atoms with Crippen LogP contribution >= 0.6 is 23.2 Å². The minimum absolute atomic E-state index is 0.0847. The van der Waals surface area contributed by atoms with Crippen molar-refractivity contribution in [2.45, 2.75) is 25.2 Å². The Bertz CT molecular complexity index is 613. The molecule has 1 aromatic carbocycles. The summed E-state index contributed by atoms with van der Waals surface area (Å²) < 4.78 is 0. The van der Waals surface area contributed by atoms with Gasteiger partial charge in [0.25, 0.3) is 0 Å². The molecule has 1 aromatic rings. The fourth-order valence-corrected chi connectivity index (χ4v) is 3.18. The Morgan fingerprint density at radius 2 is 2.05 bits per heavy atom.